The molecule has 2 unspecified atom stereocenters. The molecule has 1 saturated heterocycles. The third-order valence-corrected chi connectivity index (χ3v) is 4.11. The highest BCUT2D eigenvalue weighted by Crippen LogP contribution is 2.39. The van der Waals surface area contributed by atoms with Gasteiger partial charge in [-0.25, -0.2) is 9.97 Å². The van der Waals surface area contributed by atoms with Gasteiger partial charge in [0.15, 0.2) is 0 Å². The van der Waals surface area contributed by atoms with Crippen molar-refractivity contribution in [1.82, 2.24) is 9.97 Å². The zero-order chi connectivity index (χ0) is 14.3. The molecule has 20 heavy (non-hydrogen) atoms. The number of anilines is 1. The summed E-state index contributed by atoms with van der Waals surface area (Å²) in [4.78, 5) is 8.95. The molecule has 0 spiro atoms. The number of halogens is 1. The Morgan fingerprint density at radius 2 is 2.00 bits per heavy atom. The van der Waals surface area contributed by atoms with Crippen molar-refractivity contribution >= 4 is 17.4 Å². The van der Waals surface area contributed by atoms with Crippen LogP contribution in [0.25, 0.3) is 0 Å². The molecule has 1 aliphatic carbocycles. The van der Waals surface area contributed by atoms with E-state index in [-0.39, 0.29) is 5.41 Å². The molecule has 1 aliphatic heterocycles. The van der Waals surface area contributed by atoms with E-state index in [4.69, 9.17) is 16.3 Å². The van der Waals surface area contributed by atoms with Gasteiger partial charge in [-0.2, -0.15) is 0 Å². The van der Waals surface area contributed by atoms with Crippen LogP contribution in [0.15, 0.2) is 6.07 Å². The SMILES string of the molecule is CC(C)(C)c1nc(Cl)cc(NC2CCOC2C2CC2)n1. The van der Waals surface area contributed by atoms with Gasteiger partial charge in [0, 0.05) is 18.1 Å². The van der Waals surface area contributed by atoms with E-state index < -0.39 is 0 Å². The minimum atomic E-state index is -0.108. The van der Waals surface area contributed by atoms with Crippen LogP contribution >= 0.6 is 11.6 Å². The first-order valence-electron chi connectivity index (χ1n) is 7.37. The van der Waals surface area contributed by atoms with Gasteiger partial charge in [-0.05, 0) is 25.2 Å². The number of ether oxygens (including phenoxy) is 1. The molecule has 1 N–H and O–H groups in total. The summed E-state index contributed by atoms with van der Waals surface area (Å²) in [6.45, 7) is 7.11. The molecule has 3 rings (SSSR count). The van der Waals surface area contributed by atoms with E-state index in [2.05, 4.69) is 36.1 Å². The molecule has 1 aromatic rings. The Labute approximate surface area is 125 Å². The third-order valence-electron chi connectivity index (χ3n) is 3.92. The van der Waals surface area contributed by atoms with Crippen LogP contribution in [0.4, 0.5) is 5.82 Å². The van der Waals surface area contributed by atoms with Crippen LogP contribution in [0, 0.1) is 5.92 Å². The van der Waals surface area contributed by atoms with Crippen LogP contribution in [0.5, 0.6) is 0 Å². The van der Waals surface area contributed by atoms with Crippen LogP contribution in [0.1, 0.15) is 45.9 Å². The van der Waals surface area contributed by atoms with Crippen molar-refractivity contribution < 1.29 is 4.74 Å². The van der Waals surface area contributed by atoms with Crippen molar-refractivity contribution in [3.63, 3.8) is 0 Å². The molecule has 5 heteroatoms. The Morgan fingerprint density at radius 1 is 1.25 bits per heavy atom. The molecule has 0 aromatic carbocycles. The summed E-state index contributed by atoms with van der Waals surface area (Å²) >= 11 is 6.13. The van der Waals surface area contributed by atoms with Gasteiger partial charge in [-0.15, -0.1) is 0 Å². The highest BCUT2D eigenvalue weighted by molar-refractivity contribution is 6.29. The molecule has 4 nitrogen and oxygen atoms in total. The number of aromatic nitrogens is 2. The lowest BCUT2D eigenvalue weighted by Gasteiger charge is -2.22. The van der Waals surface area contributed by atoms with E-state index in [0.29, 0.717) is 17.3 Å². The highest BCUT2D eigenvalue weighted by atomic mass is 35.5. The van der Waals surface area contributed by atoms with Gasteiger partial charge in [-0.3, -0.25) is 0 Å². The zero-order valence-electron chi connectivity index (χ0n) is 12.3. The van der Waals surface area contributed by atoms with E-state index in [1.165, 1.54) is 12.8 Å². The van der Waals surface area contributed by atoms with Crippen LogP contribution in [0.2, 0.25) is 5.15 Å². The number of hydrogen-bond acceptors (Lipinski definition) is 4. The Balaban J connectivity index is 1.78. The van der Waals surface area contributed by atoms with Crippen molar-refractivity contribution in [3.8, 4) is 0 Å². The van der Waals surface area contributed by atoms with E-state index in [9.17, 15) is 0 Å². The zero-order valence-corrected chi connectivity index (χ0v) is 13.1. The normalized spacial score (nSPS) is 26.8. The van der Waals surface area contributed by atoms with Crippen LogP contribution in [0.3, 0.4) is 0 Å². The summed E-state index contributed by atoms with van der Waals surface area (Å²) in [5.74, 6) is 2.32. The molecular weight excluding hydrogens is 274 g/mol. The minimum absolute atomic E-state index is 0.108. The second-order valence-electron chi connectivity index (χ2n) is 6.86. The molecule has 2 heterocycles. The van der Waals surface area contributed by atoms with Gasteiger partial charge in [-0.1, -0.05) is 32.4 Å². The molecular formula is C15H22ClN3O. The predicted octanol–water partition coefficient (Wildman–Crippen LogP) is 3.41. The fourth-order valence-corrected chi connectivity index (χ4v) is 2.86. The average molecular weight is 296 g/mol. The van der Waals surface area contributed by atoms with Crippen molar-refractivity contribution in [3.05, 3.63) is 17.0 Å². The highest BCUT2D eigenvalue weighted by Gasteiger charge is 2.40. The largest absolute Gasteiger partial charge is 0.376 e. The molecule has 2 fully saturated rings. The van der Waals surface area contributed by atoms with Gasteiger partial charge in [0.25, 0.3) is 0 Å². The van der Waals surface area contributed by atoms with Crippen LogP contribution in [-0.4, -0.2) is 28.7 Å². The molecule has 1 aromatic heterocycles. The lowest BCUT2D eigenvalue weighted by atomic mass is 9.96. The van der Waals surface area contributed by atoms with Crippen molar-refractivity contribution in [2.24, 2.45) is 5.92 Å². The van der Waals surface area contributed by atoms with Crippen molar-refractivity contribution in [2.75, 3.05) is 11.9 Å². The molecule has 2 aliphatic rings. The molecule has 0 radical (unpaired) electrons. The van der Waals surface area contributed by atoms with E-state index >= 15 is 0 Å². The molecule has 0 bridgehead atoms. The topological polar surface area (TPSA) is 47.0 Å². The first-order valence-corrected chi connectivity index (χ1v) is 7.74. The van der Waals surface area contributed by atoms with Crippen molar-refractivity contribution in [1.29, 1.82) is 0 Å². The summed E-state index contributed by atoms with van der Waals surface area (Å²) in [7, 11) is 0. The number of nitrogens with one attached hydrogen (secondary N) is 1. The fraction of sp³-hybridized carbons (Fsp3) is 0.733. The fourth-order valence-electron chi connectivity index (χ4n) is 2.67. The van der Waals surface area contributed by atoms with Crippen LogP contribution in [-0.2, 0) is 10.2 Å². The Morgan fingerprint density at radius 3 is 2.65 bits per heavy atom. The molecule has 2 atom stereocenters. The smallest absolute Gasteiger partial charge is 0.137 e. The van der Waals surface area contributed by atoms with Gasteiger partial charge in [0.2, 0.25) is 0 Å². The first-order chi connectivity index (χ1) is 9.43. The monoisotopic (exact) mass is 295 g/mol. The maximum Gasteiger partial charge on any atom is 0.137 e. The average Bonchev–Trinajstić information content (AvgIpc) is 3.09. The summed E-state index contributed by atoms with van der Waals surface area (Å²) in [5.41, 5.74) is -0.108. The van der Waals surface area contributed by atoms with Crippen molar-refractivity contribution in [2.45, 2.75) is 57.6 Å². The molecule has 110 valence electrons. The van der Waals surface area contributed by atoms with E-state index in [1.807, 2.05) is 0 Å². The standard InChI is InChI=1S/C15H22ClN3O/c1-15(2,3)14-18-11(16)8-12(19-14)17-10-6-7-20-13(10)9-4-5-9/h8-10,13H,4-7H2,1-3H3,(H,17,18,19). The first kappa shape index (κ1) is 14.1. The van der Waals surface area contributed by atoms with E-state index in [0.717, 1.165) is 30.6 Å². The Bertz CT molecular complexity index is 496. The summed E-state index contributed by atoms with van der Waals surface area (Å²) in [5, 5.41) is 4.00. The van der Waals surface area contributed by atoms with Gasteiger partial charge in [0.05, 0.1) is 12.1 Å². The van der Waals surface area contributed by atoms with Crippen LogP contribution < -0.4 is 5.32 Å². The summed E-state index contributed by atoms with van der Waals surface area (Å²) in [6, 6.07) is 2.15. The quantitative estimate of drug-likeness (QED) is 0.868. The third kappa shape index (κ3) is 3.07. The summed E-state index contributed by atoms with van der Waals surface area (Å²) in [6.07, 6.45) is 3.95. The Kier molecular flexibility index (Phi) is 3.63. The van der Waals surface area contributed by atoms with E-state index in [1.54, 1.807) is 6.07 Å². The predicted molar refractivity (Wildman–Crippen MR) is 80.2 cm³/mol. The minimum Gasteiger partial charge on any atom is -0.376 e. The van der Waals surface area contributed by atoms with Gasteiger partial charge >= 0.3 is 0 Å². The Hall–Kier alpha value is -0.870. The summed E-state index contributed by atoms with van der Waals surface area (Å²) < 4.78 is 5.85. The number of rotatable bonds is 3. The second-order valence-corrected chi connectivity index (χ2v) is 7.25. The maximum atomic E-state index is 6.13. The molecule has 0 amide bonds. The van der Waals surface area contributed by atoms with Gasteiger partial charge in [0.1, 0.15) is 16.8 Å². The second kappa shape index (κ2) is 5.15. The maximum absolute atomic E-state index is 6.13. The number of nitrogens with zero attached hydrogens (tertiary/aromatic N) is 2. The molecule has 1 saturated carbocycles. The number of hydrogen-bond donors (Lipinski definition) is 1. The lowest BCUT2D eigenvalue weighted by Crippen LogP contribution is -2.31. The van der Waals surface area contributed by atoms with Gasteiger partial charge < -0.3 is 10.1 Å². The lowest BCUT2D eigenvalue weighted by molar-refractivity contribution is 0.0898.